The standard InChI is InChI=1S/C21H22N6O/c1-14(2)20(15-6-5-9-22-11-15)24-21(28)18-10-16(25-26-18)12-27-13-23-17-7-3-4-8-19(17)27/h3-11,13-14,20H,12H2,1-2H3,(H,24,28)(H,25,26). The summed E-state index contributed by atoms with van der Waals surface area (Å²) in [5.41, 5.74) is 4.17. The van der Waals surface area contributed by atoms with Crippen LogP contribution in [0.2, 0.25) is 0 Å². The molecule has 142 valence electrons. The Kier molecular flexibility index (Phi) is 4.89. The van der Waals surface area contributed by atoms with Gasteiger partial charge in [0, 0.05) is 12.4 Å². The van der Waals surface area contributed by atoms with Gasteiger partial charge in [0.05, 0.1) is 35.6 Å². The van der Waals surface area contributed by atoms with Crippen molar-refractivity contribution in [2.75, 3.05) is 0 Å². The van der Waals surface area contributed by atoms with Crippen LogP contribution in [0.1, 0.15) is 41.6 Å². The van der Waals surface area contributed by atoms with E-state index in [9.17, 15) is 4.79 Å². The van der Waals surface area contributed by atoms with E-state index in [4.69, 9.17) is 0 Å². The van der Waals surface area contributed by atoms with Gasteiger partial charge in [0.15, 0.2) is 0 Å². The molecule has 3 aromatic heterocycles. The number of nitrogens with zero attached hydrogens (tertiary/aromatic N) is 4. The molecule has 2 N–H and O–H groups in total. The topological polar surface area (TPSA) is 88.5 Å². The smallest absolute Gasteiger partial charge is 0.272 e. The lowest BCUT2D eigenvalue weighted by atomic mass is 9.97. The number of hydrogen-bond acceptors (Lipinski definition) is 4. The summed E-state index contributed by atoms with van der Waals surface area (Å²) in [6.45, 7) is 4.70. The molecule has 4 rings (SSSR count). The van der Waals surface area contributed by atoms with Gasteiger partial charge in [-0.25, -0.2) is 4.98 Å². The Balaban J connectivity index is 1.49. The third-order valence-corrected chi connectivity index (χ3v) is 4.73. The van der Waals surface area contributed by atoms with Crippen molar-refractivity contribution in [3.63, 3.8) is 0 Å². The molecule has 0 aliphatic carbocycles. The lowest BCUT2D eigenvalue weighted by Crippen LogP contribution is -2.32. The van der Waals surface area contributed by atoms with Crippen molar-refractivity contribution in [1.29, 1.82) is 0 Å². The molecular weight excluding hydrogens is 352 g/mol. The van der Waals surface area contributed by atoms with Crippen LogP contribution < -0.4 is 5.32 Å². The van der Waals surface area contributed by atoms with Gasteiger partial charge in [-0.3, -0.25) is 14.9 Å². The minimum absolute atomic E-state index is 0.126. The van der Waals surface area contributed by atoms with Crippen molar-refractivity contribution in [3.8, 4) is 0 Å². The largest absolute Gasteiger partial charge is 0.344 e. The third-order valence-electron chi connectivity index (χ3n) is 4.73. The van der Waals surface area contributed by atoms with Gasteiger partial charge in [-0.1, -0.05) is 32.0 Å². The molecule has 7 nitrogen and oxygen atoms in total. The first-order valence-electron chi connectivity index (χ1n) is 9.27. The van der Waals surface area contributed by atoms with E-state index in [0.29, 0.717) is 12.2 Å². The second kappa shape index (κ2) is 7.64. The summed E-state index contributed by atoms with van der Waals surface area (Å²) < 4.78 is 2.02. The van der Waals surface area contributed by atoms with Crippen LogP contribution in [-0.4, -0.2) is 30.6 Å². The van der Waals surface area contributed by atoms with E-state index in [1.54, 1.807) is 24.8 Å². The van der Waals surface area contributed by atoms with Crippen LogP contribution in [0, 0.1) is 5.92 Å². The SMILES string of the molecule is CC(C)C(NC(=O)c1cc(Cn2cnc3ccccc32)[nH]n1)c1cccnc1. The number of fused-ring (bicyclic) bond motifs is 1. The molecule has 0 aliphatic heterocycles. The molecule has 0 spiro atoms. The van der Waals surface area contributed by atoms with Crippen molar-refractivity contribution in [2.45, 2.75) is 26.4 Å². The Bertz CT molecular complexity index is 1080. The Labute approximate surface area is 162 Å². The van der Waals surface area contributed by atoms with Gasteiger partial charge in [0.1, 0.15) is 5.69 Å². The average Bonchev–Trinajstić information content (AvgIpc) is 3.34. The van der Waals surface area contributed by atoms with Crippen LogP contribution in [0.25, 0.3) is 11.0 Å². The Hall–Kier alpha value is -3.48. The molecular formula is C21H22N6O. The van der Waals surface area contributed by atoms with Gasteiger partial charge >= 0.3 is 0 Å². The van der Waals surface area contributed by atoms with Crippen molar-refractivity contribution < 1.29 is 4.79 Å². The predicted molar refractivity (Wildman–Crippen MR) is 107 cm³/mol. The number of imidazole rings is 1. The molecule has 1 amide bonds. The normalized spacial score (nSPS) is 12.4. The number of aromatic nitrogens is 5. The highest BCUT2D eigenvalue weighted by molar-refractivity contribution is 5.92. The minimum atomic E-state index is -0.208. The molecule has 4 aromatic rings. The molecule has 1 aromatic carbocycles. The van der Waals surface area contributed by atoms with E-state index in [-0.39, 0.29) is 17.9 Å². The van der Waals surface area contributed by atoms with Gasteiger partial charge in [-0.05, 0) is 35.7 Å². The maximum Gasteiger partial charge on any atom is 0.272 e. The Morgan fingerprint density at radius 1 is 1.21 bits per heavy atom. The number of carbonyl (C=O) groups excluding carboxylic acids is 1. The van der Waals surface area contributed by atoms with Gasteiger partial charge in [-0.2, -0.15) is 5.10 Å². The van der Waals surface area contributed by atoms with Crippen LogP contribution in [-0.2, 0) is 6.54 Å². The first kappa shape index (κ1) is 17.9. The Morgan fingerprint density at radius 3 is 2.86 bits per heavy atom. The maximum absolute atomic E-state index is 12.7. The highest BCUT2D eigenvalue weighted by atomic mass is 16.2. The van der Waals surface area contributed by atoms with Crippen molar-refractivity contribution >= 4 is 16.9 Å². The predicted octanol–water partition coefficient (Wildman–Crippen LogP) is 3.33. The number of hydrogen-bond donors (Lipinski definition) is 2. The van der Waals surface area contributed by atoms with Crippen molar-refractivity contribution in [2.24, 2.45) is 5.92 Å². The van der Waals surface area contributed by atoms with Crippen LogP contribution in [0.15, 0.2) is 61.2 Å². The zero-order valence-corrected chi connectivity index (χ0v) is 15.8. The summed E-state index contributed by atoms with van der Waals surface area (Å²) in [7, 11) is 0. The summed E-state index contributed by atoms with van der Waals surface area (Å²) in [4.78, 5) is 21.3. The molecule has 0 bridgehead atoms. The van der Waals surface area contributed by atoms with E-state index in [2.05, 4.69) is 39.3 Å². The van der Waals surface area contributed by atoms with E-state index in [0.717, 1.165) is 22.3 Å². The van der Waals surface area contributed by atoms with Crippen molar-refractivity contribution in [1.82, 2.24) is 30.0 Å². The van der Waals surface area contributed by atoms with Gasteiger partial charge < -0.3 is 9.88 Å². The quantitative estimate of drug-likeness (QED) is 0.542. The van der Waals surface area contributed by atoms with Gasteiger partial charge in [0.2, 0.25) is 0 Å². The number of nitrogens with one attached hydrogen (secondary N) is 2. The van der Waals surface area contributed by atoms with Gasteiger partial charge in [-0.15, -0.1) is 0 Å². The number of H-pyrrole nitrogens is 1. The minimum Gasteiger partial charge on any atom is -0.344 e. The molecule has 0 radical (unpaired) electrons. The average molecular weight is 374 g/mol. The molecule has 1 atom stereocenters. The van der Waals surface area contributed by atoms with E-state index < -0.39 is 0 Å². The summed E-state index contributed by atoms with van der Waals surface area (Å²) in [6.07, 6.45) is 5.30. The lowest BCUT2D eigenvalue weighted by molar-refractivity contribution is 0.0920. The Morgan fingerprint density at radius 2 is 2.07 bits per heavy atom. The zero-order valence-electron chi connectivity index (χ0n) is 15.8. The number of rotatable bonds is 6. The van der Waals surface area contributed by atoms with Crippen molar-refractivity contribution in [3.05, 3.63) is 78.1 Å². The number of pyridine rings is 1. The van der Waals surface area contributed by atoms with Crippen LogP contribution >= 0.6 is 0 Å². The molecule has 1 unspecified atom stereocenters. The zero-order chi connectivity index (χ0) is 19.5. The van der Waals surface area contributed by atoms with E-state index >= 15 is 0 Å². The summed E-state index contributed by atoms with van der Waals surface area (Å²) >= 11 is 0. The highest BCUT2D eigenvalue weighted by Gasteiger charge is 2.21. The van der Waals surface area contributed by atoms with Crippen LogP contribution in [0.4, 0.5) is 0 Å². The molecule has 28 heavy (non-hydrogen) atoms. The first-order chi connectivity index (χ1) is 13.6. The first-order valence-corrected chi connectivity index (χ1v) is 9.27. The van der Waals surface area contributed by atoms with E-state index in [1.165, 1.54) is 0 Å². The second-order valence-corrected chi connectivity index (χ2v) is 7.12. The molecule has 0 aliphatic rings. The highest BCUT2D eigenvalue weighted by Crippen LogP contribution is 2.21. The van der Waals surface area contributed by atoms with Crippen LogP contribution in [0.5, 0.6) is 0 Å². The number of benzene rings is 1. The lowest BCUT2D eigenvalue weighted by Gasteiger charge is -2.22. The molecule has 0 saturated carbocycles. The second-order valence-electron chi connectivity index (χ2n) is 7.12. The number of aromatic amines is 1. The number of para-hydroxylation sites is 2. The third kappa shape index (κ3) is 3.64. The molecule has 3 heterocycles. The fourth-order valence-corrected chi connectivity index (χ4v) is 3.29. The fourth-order valence-electron chi connectivity index (χ4n) is 3.29. The van der Waals surface area contributed by atoms with Gasteiger partial charge in [0.25, 0.3) is 5.91 Å². The summed E-state index contributed by atoms with van der Waals surface area (Å²) in [5, 5.41) is 10.2. The van der Waals surface area contributed by atoms with E-state index in [1.807, 2.05) is 41.0 Å². The molecule has 7 heteroatoms. The van der Waals surface area contributed by atoms with Crippen LogP contribution in [0.3, 0.4) is 0 Å². The monoisotopic (exact) mass is 374 g/mol. The fraction of sp³-hybridized carbons (Fsp3) is 0.238. The molecule has 0 saturated heterocycles. The number of carbonyl (C=O) groups is 1. The molecule has 0 fully saturated rings. The maximum atomic E-state index is 12.7. The summed E-state index contributed by atoms with van der Waals surface area (Å²) in [6, 6.07) is 13.4. The number of amides is 1. The summed E-state index contributed by atoms with van der Waals surface area (Å²) in [5.74, 6) is 0.0180.